The molecular formula is C27H41N3O7. The molecule has 206 valence electrons. The summed E-state index contributed by atoms with van der Waals surface area (Å²) in [4.78, 5) is 48.0. The van der Waals surface area contributed by atoms with Gasteiger partial charge in [-0.05, 0) is 58.2 Å². The number of rotatable bonds is 15. The van der Waals surface area contributed by atoms with E-state index >= 15 is 0 Å². The van der Waals surface area contributed by atoms with E-state index in [4.69, 9.17) is 9.47 Å². The van der Waals surface area contributed by atoms with Gasteiger partial charge in [0.05, 0.1) is 0 Å². The Bertz CT molecular complexity index is 910. The zero-order valence-corrected chi connectivity index (χ0v) is 22.5. The fourth-order valence-corrected chi connectivity index (χ4v) is 3.34. The molecule has 0 saturated carbocycles. The maximum absolute atomic E-state index is 12.9. The number of carboxylic acids is 1. The van der Waals surface area contributed by atoms with Crippen LogP contribution in [-0.4, -0.2) is 59.3 Å². The molecule has 10 heteroatoms. The zero-order chi connectivity index (χ0) is 28.0. The van der Waals surface area contributed by atoms with Crippen molar-refractivity contribution in [2.45, 2.75) is 90.5 Å². The minimum atomic E-state index is -1.15. The standard InChI is InChI=1S/C27H41N3O7/c1-7-18(2)36-21-14-12-20(13-15-21)17-23(29-19(3)31)24(32)30-22(25(33)34)11-9-8-10-16-28-26(35)37-27(4,5)6/h7,12-15,18,22-23H,1,8-11,16-17H2,2-6H3,(H,28,35)(H,29,31)(H,30,32)(H,33,34)/t18-,22+,23+/m1/s1. The van der Waals surface area contributed by atoms with Crippen LogP contribution >= 0.6 is 0 Å². The molecule has 1 aromatic carbocycles. The summed E-state index contributed by atoms with van der Waals surface area (Å²) in [6.45, 7) is 12.6. The molecule has 0 unspecified atom stereocenters. The first-order chi connectivity index (χ1) is 17.3. The topological polar surface area (TPSA) is 143 Å². The molecule has 0 spiro atoms. The maximum Gasteiger partial charge on any atom is 0.407 e. The minimum absolute atomic E-state index is 0.155. The minimum Gasteiger partial charge on any atom is -0.487 e. The van der Waals surface area contributed by atoms with Crippen molar-refractivity contribution in [3.05, 3.63) is 42.5 Å². The van der Waals surface area contributed by atoms with Crippen molar-refractivity contribution < 1.29 is 33.8 Å². The summed E-state index contributed by atoms with van der Waals surface area (Å²) in [5.74, 6) is -1.48. The average Bonchev–Trinajstić information content (AvgIpc) is 2.79. The molecular weight excluding hydrogens is 478 g/mol. The van der Waals surface area contributed by atoms with E-state index in [1.165, 1.54) is 6.92 Å². The fraction of sp³-hybridized carbons (Fsp3) is 0.556. The molecule has 10 nitrogen and oxygen atoms in total. The molecule has 3 amide bonds. The second-order valence-corrected chi connectivity index (χ2v) is 9.84. The first-order valence-electron chi connectivity index (χ1n) is 12.5. The second kappa shape index (κ2) is 15.5. The van der Waals surface area contributed by atoms with Crippen molar-refractivity contribution in [1.29, 1.82) is 0 Å². The van der Waals surface area contributed by atoms with Gasteiger partial charge in [-0.15, -0.1) is 0 Å². The van der Waals surface area contributed by atoms with Gasteiger partial charge in [-0.3, -0.25) is 9.59 Å². The van der Waals surface area contributed by atoms with Crippen LogP contribution in [0.3, 0.4) is 0 Å². The third kappa shape index (κ3) is 13.9. The normalized spacial score (nSPS) is 13.4. The summed E-state index contributed by atoms with van der Waals surface area (Å²) in [6, 6.07) is 5.06. The highest BCUT2D eigenvalue weighted by atomic mass is 16.6. The van der Waals surface area contributed by atoms with Gasteiger partial charge in [-0.1, -0.05) is 37.6 Å². The number of benzene rings is 1. The van der Waals surface area contributed by atoms with Gasteiger partial charge >= 0.3 is 12.1 Å². The Morgan fingerprint density at radius 2 is 1.68 bits per heavy atom. The van der Waals surface area contributed by atoms with E-state index in [2.05, 4.69) is 22.5 Å². The maximum atomic E-state index is 12.9. The number of unbranched alkanes of at least 4 members (excludes halogenated alkanes) is 2. The first-order valence-corrected chi connectivity index (χ1v) is 12.5. The van der Waals surface area contributed by atoms with Crippen LogP contribution in [0.15, 0.2) is 36.9 Å². The van der Waals surface area contributed by atoms with Crippen LogP contribution in [0.2, 0.25) is 0 Å². The predicted octanol–water partition coefficient (Wildman–Crippen LogP) is 3.34. The number of carbonyl (C=O) groups is 4. The van der Waals surface area contributed by atoms with Crippen molar-refractivity contribution >= 4 is 23.9 Å². The van der Waals surface area contributed by atoms with Crippen LogP contribution in [0.5, 0.6) is 5.75 Å². The number of nitrogens with one attached hydrogen (secondary N) is 3. The Morgan fingerprint density at radius 1 is 1.03 bits per heavy atom. The summed E-state index contributed by atoms with van der Waals surface area (Å²) >= 11 is 0. The van der Waals surface area contributed by atoms with Gasteiger partial charge in [0, 0.05) is 19.9 Å². The molecule has 0 bridgehead atoms. The van der Waals surface area contributed by atoms with Gasteiger partial charge in [-0.25, -0.2) is 9.59 Å². The van der Waals surface area contributed by atoms with Crippen molar-refractivity contribution in [3.63, 3.8) is 0 Å². The Kier molecular flexibility index (Phi) is 13.2. The molecule has 0 aromatic heterocycles. The molecule has 0 aliphatic rings. The van der Waals surface area contributed by atoms with Crippen LogP contribution in [0.25, 0.3) is 0 Å². The lowest BCUT2D eigenvalue weighted by Crippen LogP contribution is -2.52. The zero-order valence-electron chi connectivity index (χ0n) is 22.5. The summed E-state index contributed by atoms with van der Waals surface area (Å²) < 4.78 is 10.8. The molecule has 1 aromatic rings. The van der Waals surface area contributed by atoms with Gasteiger partial charge in [0.25, 0.3) is 0 Å². The smallest absolute Gasteiger partial charge is 0.407 e. The van der Waals surface area contributed by atoms with Crippen LogP contribution in [0.1, 0.15) is 65.9 Å². The van der Waals surface area contributed by atoms with Gasteiger partial charge in [0.15, 0.2) is 0 Å². The lowest BCUT2D eigenvalue weighted by molar-refractivity contribution is -0.142. The van der Waals surface area contributed by atoms with Crippen molar-refractivity contribution in [3.8, 4) is 5.75 Å². The van der Waals surface area contributed by atoms with Crippen LogP contribution < -0.4 is 20.7 Å². The van der Waals surface area contributed by atoms with E-state index in [1.54, 1.807) is 51.1 Å². The third-order valence-electron chi connectivity index (χ3n) is 5.16. The molecule has 37 heavy (non-hydrogen) atoms. The fourth-order valence-electron chi connectivity index (χ4n) is 3.34. The van der Waals surface area contributed by atoms with Gasteiger partial charge in [0.1, 0.15) is 29.5 Å². The lowest BCUT2D eigenvalue weighted by atomic mass is 10.0. The van der Waals surface area contributed by atoms with E-state index in [1.807, 2.05) is 6.92 Å². The number of ether oxygens (including phenoxy) is 2. The number of hydrogen-bond donors (Lipinski definition) is 4. The van der Waals surface area contributed by atoms with Gasteiger partial charge < -0.3 is 30.5 Å². The monoisotopic (exact) mass is 519 g/mol. The first kappa shape index (κ1) is 31.5. The number of carboxylic acid groups (broad SMARTS) is 1. The van der Waals surface area contributed by atoms with E-state index in [-0.39, 0.29) is 18.9 Å². The molecule has 3 atom stereocenters. The van der Waals surface area contributed by atoms with Crippen molar-refractivity contribution in [2.24, 2.45) is 0 Å². The number of hydrogen-bond acceptors (Lipinski definition) is 6. The summed E-state index contributed by atoms with van der Waals surface area (Å²) in [5.41, 5.74) is 0.200. The molecule has 0 fully saturated rings. The van der Waals surface area contributed by atoms with Gasteiger partial charge in [0.2, 0.25) is 11.8 Å². The SMILES string of the molecule is C=C[C@@H](C)Oc1ccc(C[C@H](NC(C)=O)C(=O)N[C@@H](CCCCCNC(=O)OC(C)(C)C)C(=O)O)cc1. The van der Waals surface area contributed by atoms with Crippen molar-refractivity contribution in [2.75, 3.05) is 6.54 Å². The third-order valence-corrected chi connectivity index (χ3v) is 5.16. The molecule has 1 rings (SSSR count). The Labute approximate surface area is 219 Å². The van der Waals surface area contributed by atoms with Crippen molar-refractivity contribution in [1.82, 2.24) is 16.0 Å². The number of amides is 3. The molecule has 4 N–H and O–H groups in total. The quantitative estimate of drug-likeness (QED) is 0.206. The second-order valence-electron chi connectivity index (χ2n) is 9.84. The van der Waals surface area contributed by atoms with Crippen LogP contribution in [0.4, 0.5) is 4.79 Å². The molecule has 0 heterocycles. The molecule has 0 aliphatic heterocycles. The number of carbonyl (C=O) groups excluding carboxylic acids is 3. The van der Waals surface area contributed by atoms with E-state index in [9.17, 15) is 24.3 Å². The molecule has 0 aliphatic carbocycles. The van der Waals surface area contributed by atoms with Gasteiger partial charge in [-0.2, -0.15) is 0 Å². The summed E-state index contributed by atoms with van der Waals surface area (Å²) in [6.07, 6.45) is 3.24. The Balaban J connectivity index is 2.61. The van der Waals surface area contributed by atoms with E-state index in [0.29, 0.717) is 31.6 Å². The van der Waals surface area contributed by atoms with Crippen LogP contribution in [0, 0.1) is 0 Å². The van der Waals surface area contributed by atoms with E-state index < -0.39 is 41.6 Å². The number of alkyl carbamates (subject to hydrolysis) is 1. The predicted molar refractivity (Wildman–Crippen MR) is 140 cm³/mol. The lowest BCUT2D eigenvalue weighted by Gasteiger charge is -2.21. The molecule has 0 saturated heterocycles. The van der Waals surface area contributed by atoms with E-state index in [0.717, 1.165) is 5.56 Å². The highest BCUT2D eigenvalue weighted by Gasteiger charge is 2.26. The summed E-state index contributed by atoms with van der Waals surface area (Å²) in [5, 5.41) is 17.4. The Hall–Kier alpha value is -3.56. The number of aliphatic carboxylic acids is 1. The highest BCUT2D eigenvalue weighted by molar-refractivity contribution is 5.90. The highest BCUT2D eigenvalue weighted by Crippen LogP contribution is 2.16. The average molecular weight is 520 g/mol. The largest absolute Gasteiger partial charge is 0.487 e. The Morgan fingerprint density at radius 3 is 2.22 bits per heavy atom. The molecule has 0 radical (unpaired) electrons. The van der Waals surface area contributed by atoms with Crippen LogP contribution in [-0.2, 0) is 25.5 Å². The summed E-state index contributed by atoms with van der Waals surface area (Å²) in [7, 11) is 0.